The molecule has 2 aliphatic heterocycles. The standard InChI is InChI=1S/C33H30N2O8S/c1-20-12-14-22(15-13-20)44(39,40)34-17-16-24-27(30(36)41-2)29-26(28-31(37)43-33(24,28)19-34)23-10-6-7-11-25(23)35(29)32(38)42-18-21-8-4-3-5-9-21/h3-15,24,27-28H,16-19H2,1-2H3/t24-,27+,28+,33+/m1/s1. The van der Waals surface area contributed by atoms with Gasteiger partial charge in [0.05, 0.1) is 24.1 Å². The molecule has 3 heterocycles. The summed E-state index contributed by atoms with van der Waals surface area (Å²) in [6.07, 6.45) is -0.492. The molecule has 2 fully saturated rings. The fourth-order valence-electron chi connectivity index (χ4n) is 7.20. The summed E-state index contributed by atoms with van der Waals surface area (Å²) in [6.45, 7) is 1.85. The largest absolute Gasteiger partial charge is 0.468 e. The summed E-state index contributed by atoms with van der Waals surface area (Å²) in [4.78, 5) is 41.0. The van der Waals surface area contributed by atoms with Crippen LogP contribution in [0.4, 0.5) is 4.79 Å². The molecule has 0 bridgehead atoms. The molecule has 11 heteroatoms. The van der Waals surface area contributed by atoms with Crippen LogP contribution in [0.3, 0.4) is 0 Å². The average Bonchev–Trinajstić information content (AvgIpc) is 3.35. The molecule has 10 nitrogen and oxygen atoms in total. The Hall–Kier alpha value is -4.48. The van der Waals surface area contributed by atoms with Crippen LogP contribution in [-0.4, -0.2) is 61.1 Å². The molecule has 7 rings (SSSR count). The Morgan fingerprint density at radius 1 is 1.00 bits per heavy atom. The van der Waals surface area contributed by atoms with E-state index in [9.17, 15) is 22.8 Å². The molecular formula is C33H30N2O8S. The maximum Gasteiger partial charge on any atom is 0.419 e. The van der Waals surface area contributed by atoms with Gasteiger partial charge in [-0.05, 0) is 37.1 Å². The van der Waals surface area contributed by atoms with Crippen molar-refractivity contribution >= 4 is 39.0 Å². The lowest BCUT2D eigenvalue weighted by Gasteiger charge is -2.59. The maximum atomic E-state index is 13.8. The molecule has 4 aromatic rings. The number of rotatable bonds is 5. The zero-order valence-electron chi connectivity index (χ0n) is 24.1. The summed E-state index contributed by atoms with van der Waals surface area (Å²) in [6, 6.07) is 22.9. The molecule has 4 atom stereocenters. The first kappa shape index (κ1) is 28.3. The molecule has 0 radical (unpaired) electrons. The van der Waals surface area contributed by atoms with Gasteiger partial charge in [-0.1, -0.05) is 66.2 Å². The lowest BCUT2D eigenvalue weighted by Crippen LogP contribution is -2.71. The number of ether oxygens (including phenoxy) is 3. The normalized spacial score (nSPS) is 24.3. The van der Waals surface area contributed by atoms with E-state index in [0.717, 1.165) is 11.1 Å². The number of fused-ring (bicyclic) bond motifs is 4. The molecular weight excluding hydrogens is 584 g/mol. The monoisotopic (exact) mass is 614 g/mol. The highest BCUT2D eigenvalue weighted by Crippen LogP contribution is 2.62. The molecule has 1 spiro atoms. The number of hydrogen-bond acceptors (Lipinski definition) is 8. The zero-order chi connectivity index (χ0) is 30.8. The first-order chi connectivity index (χ1) is 21.2. The summed E-state index contributed by atoms with van der Waals surface area (Å²) < 4.78 is 47.2. The third kappa shape index (κ3) is 4.10. The molecule has 0 N–H and O–H groups in total. The van der Waals surface area contributed by atoms with Crippen molar-refractivity contribution in [3.63, 3.8) is 0 Å². The van der Waals surface area contributed by atoms with Crippen molar-refractivity contribution in [2.24, 2.45) is 5.92 Å². The van der Waals surface area contributed by atoms with Gasteiger partial charge in [0.2, 0.25) is 10.0 Å². The number of nitrogens with zero attached hydrogens (tertiary/aromatic N) is 2. The Morgan fingerprint density at radius 3 is 2.41 bits per heavy atom. The van der Waals surface area contributed by atoms with Gasteiger partial charge in [0.25, 0.3) is 0 Å². The quantitative estimate of drug-likeness (QED) is 0.238. The van der Waals surface area contributed by atoms with Crippen LogP contribution < -0.4 is 0 Å². The minimum Gasteiger partial charge on any atom is -0.468 e. The molecule has 3 aliphatic rings. The average molecular weight is 615 g/mol. The van der Waals surface area contributed by atoms with Crippen molar-refractivity contribution in [1.29, 1.82) is 0 Å². The van der Waals surface area contributed by atoms with Crippen molar-refractivity contribution < 1.29 is 37.0 Å². The number of carbonyl (C=O) groups excluding carboxylic acids is 3. The summed E-state index contributed by atoms with van der Waals surface area (Å²) in [7, 11) is -2.66. The van der Waals surface area contributed by atoms with Gasteiger partial charge < -0.3 is 14.2 Å². The van der Waals surface area contributed by atoms with Crippen molar-refractivity contribution in [3.8, 4) is 0 Å². The highest BCUT2D eigenvalue weighted by atomic mass is 32.2. The number of para-hydroxylation sites is 1. The predicted octanol–water partition coefficient (Wildman–Crippen LogP) is 4.49. The van der Waals surface area contributed by atoms with Gasteiger partial charge in [-0.2, -0.15) is 4.31 Å². The number of sulfonamides is 1. The molecule has 44 heavy (non-hydrogen) atoms. The van der Waals surface area contributed by atoms with Crippen molar-refractivity contribution in [3.05, 3.63) is 101 Å². The second kappa shape index (κ2) is 10.3. The van der Waals surface area contributed by atoms with E-state index >= 15 is 0 Å². The number of carbonyl (C=O) groups is 3. The van der Waals surface area contributed by atoms with Crippen molar-refractivity contribution in [1.82, 2.24) is 8.87 Å². The number of aromatic nitrogens is 1. The Morgan fingerprint density at radius 2 is 1.70 bits per heavy atom. The molecule has 0 amide bonds. The molecule has 2 saturated heterocycles. The first-order valence-electron chi connectivity index (χ1n) is 14.4. The molecule has 1 aromatic heterocycles. The maximum absolute atomic E-state index is 13.8. The topological polar surface area (TPSA) is 121 Å². The second-order valence-electron chi connectivity index (χ2n) is 11.5. The Kier molecular flexibility index (Phi) is 6.63. The second-order valence-corrected chi connectivity index (χ2v) is 13.5. The van der Waals surface area contributed by atoms with Crippen LogP contribution in [0.5, 0.6) is 0 Å². The lowest BCUT2D eigenvalue weighted by molar-refractivity contribution is -0.227. The van der Waals surface area contributed by atoms with E-state index in [2.05, 4.69) is 0 Å². The Labute approximate surface area is 254 Å². The van der Waals surface area contributed by atoms with Gasteiger partial charge in [-0.3, -0.25) is 9.59 Å². The van der Waals surface area contributed by atoms with E-state index in [-0.39, 0.29) is 31.0 Å². The van der Waals surface area contributed by atoms with E-state index in [1.54, 1.807) is 48.5 Å². The van der Waals surface area contributed by atoms with E-state index < -0.39 is 51.4 Å². The smallest absolute Gasteiger partial charge is 0.419 e. The van der Waals surface area contributed by atoms with Crippen molar-refractivity contribution in [2.45, 2.75) is 42.3 Å². The van der Waals surface area contributed by atoms with Crippen LogP contribution in [0.15, 0.2) is 83.8 Å². The van der Waals surface area contributed by atoms with Crippen LogP contribution in [0.1, 0.15) is 40.6 Å². The third-order valence-electron chi connectivity index (χ3n) is 9.19. The van der Waals surface area contributed by atoms with Gasteiger partial charge in [-0.25, -0.2) is 17.8 Å². The van der Waals surface area contributed by atoms with Crippen LogP contribution >= 0.6 is 0 Å². The molecule has 0 saturated carbocycles. The number of benzene rings is 3. The van der Waals surface area contributed by atoms with E-state index in [0.29, 0.717) is 22.2 Å². The fraction of sp³-hybridized carbons (Fsp3) is 0.303. The summed E-state index contributed by atoms with van der Waals surface area (Å²) >= 11 is 0. The van der Waals surface area contributed by atoms with Crippen LogP contribution in [0.25, 0.3) is 10.9 Å². The Bertz CT molecular complexity index is 1920. The number of methoxy groups -OCH3 is 1. The molecule has 0 unspecified atom stereocenters. The first-order valence-corrected chi connectivity index (χ1v) is 15.8. The minimum atomic E-state index is -3.93. The minimum absolute atomic E-state index is 0.00844. The van der Waals surface area contributed by atoms with E-state index in [1.165, 1.54) is 16.0 Å². The summed E-state index contributed by atoms with van der Waals surface area (Å²) in [5.74, 6) is -3.69. The van der Waals surface area contributed by atoms with Gasteiger partial charge in [0, 0.05) is 29.1 Å². The molecule has 226 valence electrons. The highest BCUT2D eigenvalue weighted by Gasteiger charge is 2.71. The lowest BCUT2D eigenvalue weighted by atomic mass is 9.57. The van der Waals surface area contributed by atoms with Gasteiger partial charge in [0.1, 0.15) is 24.0 Å². The van der Waals surface area contributed by atoms with Crippen molar-refractivity contribution in [2.75, 3.05) is 20.2 Å². The third-order valence-corrected chi connectivity index (χ3v) is 11.1. The number of hydrogen-bond donors (Lipinski definition) is 0. The number of aryl methyl sites for hydroxylation is 1. The zero-order valence-corrected chi connectivity index (χ0v) is 25.0. The number of piperidine rings is 1. The highest BCUT2D eigenvalue weighted by molar-refractivity contribution is 7.89. The van der Waals surface area contributed by atoms with Gasteiger partial charge in [-0.15, -0.1) is 0 Å². The number of esters is 2. The van der Waals surface area contributed by atoms with E-state index in [1.807, 2.05) is 37.3 Å². The van der Waals surface area contributed by atoms with Crippen LogP contribution in [0.2, 0.25) is 0 Å². The summed E-state index contributed by atoms with van der Waals surface area (Å²) in [5.41, 5.74) is 1.67. The Balaban J connectivity index is 1.36. The fourth-order valence-corrected chi connectivity index (χ4v) is 8.70. The van der Waals surface area contributed by atoms with Crippen LogP contribution in [-0.2, 0) is 40.4 Å². The predicted molar refractivity (Wildman–Crippen MR) is 158 cm³/mol. The molecule has 3 aromatic carbocycles. The van der Waals surface area contributed by atoms with Gasteiger partial charge in [0.15, 0.2) is 0 Å². The molecule has 1 aliphatic carbocycles. The van der Waals surface area contributed by atoms with Gasteiger partial charge >= 0.3 is 18.0 Å². The summed E-state index contributed by atoms with van der Waals surface area (Å²) in [5, 5.41) is 0.589. The van der Waals surface area contributed by atoms with E-state index in [4.69, 9.17) is 14.2 Å². The SMILES string of the molecule is COC(=O)[C@@H]1c2c(c3ccccc3n2C(=O)OCc2ccccc2)[C@H]2C(=O)O[C@]23CN(S(=O)(=O)c2ccc(C)cc2)CC[C@H]13. The van der Waals surface area contributed by atoms with Crippen LogP contribution in [0, 0.1) is 12.8 Å².